The van der Waals surface area contributed by atoms with E-state index >= 15 is 0 Å². The van der Waals surface area contributed by atoms with Crippen LogP contribution in [0.5, 0.6) is 0 Å². The van der Waals surface area contributed by atoms with Gasteiger partial charge in [-0.3, -0.25) is 0 Å². The van der Waals surface area contributed by atoms with E-state index in [1.807, 2.05) is 37.6 Å². The van der Waals surface area contributed by atoms with Crippen LogP contribution in [-0.4, -0.2) is 19.9 Å². The fourth-order valence-corrected chi connectivity index (χ4v) is 3.95. The summed E-state index contributed by atoms with van der Waals surface area (Å²) in [5.41, 5.74) is 3.51. The van der Waals surface area contributed by atoms with E-state index in [-0.39, 0.29) is 5.28 Å². The van der Waals surface area contributed by atoms with E-state index in [1.54, 1.807) is 17.5 Å². The first-order valence-corrected chi connectivity index (χ1v) is 8.82. The normalized spacial score (nSPS) is 10.7. The Bertz CT molecular complexity index is 947. The standard InChI is InChI=1S/C13H6BrClN4S.C2H6/c14-8-5-20-11-9(18-13(15)19-10(8)11)6-1-3-16-12-7(6)2-4-17-12;1-2/h1-5H,(H,16,17);1-2H3. The summed E-state index contributed by atoms with van der Waals surface area (Å²) in [5, 5.41) is 3.26. The molecular formula is C15H12BrClN4S. The molecule has 0 bridgehead atoms. The number of pyridine rings is 1. The molecule has 0 unspecified atom stereocenters. The Morgan fingerprint density at radius 1 is 1.23 bits per heavy atom. The Hall–Kier alpha value is -1.50. The summed E-state index contributed by atoms with van der Waals surface area (Å²) >= 11 is 11.2. The van der Waals surface area contributed by atoms with Crippen LogP contribution < -0.4 is 0 Å². The maximum atomic E-state index is 6.07. The number of rotatable bonds is 1. The van der Waals surface area contributed by atoms with Crippen molar-refractivity contribution in [2.45, 2.75) is 13.8 Å². The first-order valence-electron chi connectivity index (χ1n) is 6.77. The van der Waals surface area contributed by atoms with Gasteiger partial charge in [-0.05, 0) is 39.7 Å². The monoisotopic (exact) mass is 394 g/mol. The van der Waals surface area contributed by atoms with Crippen LogP contribution in [0.1, 0.15) is 13.8 Å². The highest BCUT2D eigenvalue weighted by Crippen LogP contribution is 2.37. The van der Waals surface area contributed by atoms with Gasteiger partial charge >= 0.3 is 0 Å². The number of aromatic amines is 1. The average molecular weight is 396 g/mol. The lowest BCUT2D eigenvalue weighted by atomic mass is 10.1. The molecule has 0 aliphatic rings. The van der Waals surface area contributed by atoms with Gasteiger partial charge in [-0.1, -0.05) is 13.8 Å². The van der Waals surface area contributed by atoms with Crippen molar-refractivity contribution in [2.24, 2.45) is 0 Å². The van der Waals surface area contributed by atoms with Gasteiger partial charge in [-0.2, -0.15) is 0 Å². The summed E-state index contributed by atoms with van der Waals surface area (Å²) in [6.07, 6.45) is 3.63. The minimum atomic E-state index is 0.243. The van der Waals surface area contributed by atoms with Crippen LogP contribution in [0.3, 0.4) is 0 Å². The average Bonchev–Trinajstić information content (AvgIpc) is 3.16. The summed E-state index contributed by atoms with van der Waals surface area (Å²) < 4.78 is 1.94. The van der Waals surface area contributed by atoms with Gasteiger partial charge in [0.1, 0.15) is 11.2 Å². The first-order chi connectivity index (χ1) is 10.7. The van der Waals surface area contributed by atoms with Crippen LogP contribution in [0, 0.1) is 0 Å². The molecule has 4 heterocycles. The van der Waals surface area contributed by atoms with E-state index < -0.39 is 0 Å². The molecule has 4 aromatic heterocycles. The Morgan fingerprint density at radius 3 is 2.86 bits per heavy atom. The minimum Gasteiger partial charge on any atom is -0.346 e. The third kappa shape index (κ3) is 2.51. The Balaban J connectivity index is 0.000000693. The molecule has 0 saturated carbocycles. The molecule has 0 fully saturated rings. The third-order valence-corrected chi connectivity index (χ3v) is 5.11. The van der Waals surface area contributed by atoms with Crippen LogP contribution >= 0.6 is 38.9 Å². The lowest BCUT2D eigenvalue weighted by Gasteiger charge is -2.04. The summed E-state index contributed by atoms with van der Waals surface area (Å²) in [6.45, 7) is 4.00. The zero-order valence-corrected chi connectivity index (χ0v) is 15.1. The molecule has 0 amide bonds. The SMILES string of the molecule is CC.Clc1nc(-c2ccnc3[nH]ccc23)c2scc(Br)c2n1. The third-order valence-electron chi connectivity index (χ3n) is 3.06. The molecule has 1 N–H and O–H groups in total. The Kier molecular flexibility index (Phi) is 4.42. The fourth-order valence-electron chi connectivity index (χ4n) is 2.21. The number of hydrogen-bond acceptors (Lipinski definition) is 4. The maximum Gasteiger partial charge on any atom is 0.223 e. The van der Waals surface area contributed by atoms with Crippen LogP contribution in [0.15, 0.2) is 34.4 Å². The summed E-state index contributed by atoms with van der Waals surface area (Å²) in [4.78, 5) is 16.1. The van der Waals surface area contributed by atoms with E-state index in [0.717, 1.165) is 37.0 Å². The molecule has 112 valence electrons. The van der Waals surface area contributed by atoms with Crippen LogP contribution in [0.2, 0.25) is 5.28 Å². The number of halogens is 2. The van der Waals surface area contributed by atoms with Crippen LogP contribution in [0.25, 0.3) is 32.5 Å². The van der Waals surface area contributed by atoms with E-state index in [2.05, 4.69) is 35.9 Å². The number of aromatic nitrogens is 4. The largest absolute Gasteiger partial charge is 0.346 e. The molecule has 22 heavy (non-hydrogen) atoms. The number of hydrogen-bond donors (Lipinski definition) is 1. The number of nitrogens with one attached hydrogen (secondary N) is 1. The lowest BCUT2D eigenvalue weighted by molar-refractivity contribution is 1.23. The molecule has 0 spiro atoms. The van der Waals surface area contributed by atoms with Crippen molar-refractivity contribution in [3.63, 3.8) is 0 Å². The van der Waals surface area contributed by atoms with Gasteiger partial charge in [0.2, 0.25) is 5.28 Å². The summed E-state index contributed by atoms with van der Waals surface area (Å²) in [6, 6.07) is 3.93. The number of nitrogens with zero attached hydrogens (tertiary/aromatic N) is 3. The lowest BCUT2D eigenvalue weighted by Crippen LogP contribution is -1.90. The van der Waals surface area contributed by atoms with Crippen molar-refractivity contribution < 1.29 is 0 Å². The van der Waals surface area contributed by atoms with E-state index in [9.17, 15) is 0 Å². The molecule has 4 rings (SSSR count). The van der Waals surface area contributed by atoms with Gasteiger partial charge in [-0.15, -0.1) is 11.3 Å². The van der Waals surface area contributed by atoms with Gasteiger partial charge < -0.3 is 4.98 Å². The van der Waals surface area contributed by atoms with Crippen LogP contribution in [-0.2, 0) is 0 Å². The van der Waals surface area contributed by atoms with Crippen molar-refractivity contribution in [2.75, 3.05) is 0 Å². The van der Waals surface area contributed by atoms with Gasteiger partial charge in [0.05, 0.1) is 14.9 Å². The molecule has 0 aliphatic heterocycles. The smallest absolute Gasteiger partial charge is 0.223 e. The molecule has 7 heteroatoms. The second kappa shape index (κ2) is 6.32. The molecule has 0 aromatic carbocycles. The summed E-state index contributed by atoms with van der Waals surface area (Å²) in [7, 11) is 0. The number of H-pyrrole nitrogens is 1. The van der Waals surface area contributed by atoms with Gasteiger partial charge in [0, 0.05) is 28.7 Å². The van der Waals surface area contributed by atoms with Crippen LogP contribution in [0.4, 0.5) is 0 Å². The van der Waals surface area contributed by atoms with E-state index in [1.165, 1.54) is 0 Å². The van der Waals surface area contributed by atoms with Crippen molar-refractivity contribution >= 4 is 60.1 Å². The van der Waals surface area contributed by atoms with Crippen molar-refractivity contribution in [1.82, 2.24) is 19.9 Å². The zero-order valence-electron chi connectivity index (χ0n) is 11.9. The fraction of sp³-hybridized carbons (Fsp3) is 0.133. The Labute approximate surface area is 144 Å². The van der Waals surface area contributed by atoms with Gasteiger partial charge in [-0.25, -0.2) is 15.0 Å². The van der Waals surface area contributed by atoms with E-state index in [0.29, 0.717) is 0 Å². The minimum absolute atomic E-state index is 0.243. The zero-order chi connectivity index (χ0) is 15.7. The second-order valence-corrected chi connectivity index (χ2v) is 6.27. The maximum absolute atomic E-state index is 6.07. The second-order valence-electron chi connectivity index (χ2n) is 4.20. The quantitative estimate of drug-likeness (QED) is 0.422. The molecule has 0 saturated heterocycles. The summed E-state index contributed by atoms with van der Waals surface area (Å²) in [5.74, 6) is 0. The molecule has 4 nitrogen and oxygen atoms in total. The van der Waals surface area contributed by atoms with Gasteiger partial charge in [0.25, 0.3) is 0 Å². The molecule has 0 atom stereocenters. The Morgan fingerprint density at radius 2 is 2.05 bits per heavy atom. The highest BCUT2D eigenvalue weighted by molar-refractivity contribution is 9.10. The first kappa shape index (κ1) is 15.4. The number of thiophene rings is 1. The highest BCUT2D eigenvalue weighted by Gasteiger charge is 2.15. The predicted molar refractivity (Wildman–Crippen MR) is 96.6 cm³/mol. The molecule has 4 aromatic rings. The molecule has 0 aliphatic carbocycles. The number of fused-ring (bicyclic) bond motifs is 2. The van der Waals surface area contributed by atoms with Crippen molar-refractivity contribution in [3.8, 4) is 11.3 Å². The van der Waals surface area contributed by atoms with Gasteiger partial charge in [0.15, 0.2) is 0 Å². The topological polar surface area (TPSA) is 54.5 Å². The molecular weight excluding hydrogens is 384 g/mol. The predicted octanol–water partition coefficient (Wildman–Crippen LogP) is 5.68. The highest BCUT2D eigenvalue weighted by atomic mass is 79.9. The molecule has 0 radical (unpaired) electrons. The van der Waals surface area contributed by atoms with Crippen molar-refractivity contribution in [1.29, 1.82) is 0 Å². The van der Waals surface area contributed by atoms with Crippen molar-refractivity contribution in [3.05, 3.63) is 39.7 Å². The van der Waals surface area contributed by atoms with E-state index in [4.69, 9.17) is 11.6 Å².